The maximum Gasteiger partial charge on any atom is 0.122 e. The van der Waals surface area contributed by atoms with Crippen LogP contribution in [0, 0.1) is 0 Å². The summed E-state index contributed by atoms with van der Waals surface area (Å²) in [7, 11) is 1.64. The van der Waals surface area contributed by atoms with Crippen LogP contribution in [-0.4, -0.2) is 46.6 Å². The van der Waals surface area contributed by atoms with Crippen LogP contribution in [0.2, 0.25) is 0 Å². The number of rotatable bonds is 10. The Kier molecular flexibility index (Phi) is 7.84. The Morgan fingerprint density at radius 2 is 1.60 bits per heavy atom. The second kappa shape index (κ2) is 9.44. The van der Waals surface area contributed by atoms with Gasteiger partial charge in [0.05, 0.1) is 20.3 Å². The molecule has 0 aliphatic heterocycles. The third-order valence-electron chi connectivity index (χ3n) is 2.93. The van der Waals surface area contributed by atoms with E-state index in [1.54, 1.807) is 7.11 Å². The molecule has 114 valence electrons. The summed E-state index contributed by atoms with van der Waals surface area (Å²) in [5.74, 6) is 0.762. The van der Waals surface area contributed by atoms with Gasteiger partial charge in [0, 0.05) is 49.8 Å². The quantitative estimate of drug-likeness (QED) is 0.526. The van der Waals surface area contributed by atoms with Crippen molar-refractivity contribution in [2.24, 2.45) is 0 Å². The van der Waals surface area contributed by atoms with Gasteiger partial charge in [-0.2, -0.15) is 0 Å². The number of nitrogens with two attached hydrogens (primary N) is 1. The zero-order valence-corrected chi connectivity index (χ0v) is 12.7. The molecule has 0 aliphatic rings. The van der Waals surface area contributed by atoms with Gasteiger partial charge in [-0.3, -0.25) is 0 Å². The molecule has 0 unspecified atom stereocenters. The van der Waals surface area contributed by atoms with Gasteiger partial charge in [-0.05, 0) is 19.9 Å². The van der Waals surface area contributed by atoms with Crippen LogP contribution in [0.3, 0.4) is 0 Å². The number of nitrogen functional groups attached to an aromatic ring is 1. The predicted molar refractivity (Wildman–Crippen MR) is 82.6 cm³/mol. The Hall–Kier alpha value is -1.46. The van der Waals surface area contributed by atoms with Gasteiger partial charge in [0.2, 0.25) is 0 Å². The summed E-state index contributed by atoms with van der Waals surface area (Å²) < 4.78 is 16.1. The first-order chi connectivity index (χ1) is 9.71. The van der Waals surface area contributed by atoms with Gasteiger partial charge >= 0.3 is 0 Å². The summed E-state index contributed by atoms with van der Waals surface area (Å²) in [4.78, 5) is 2.20. The molecule has 0 saturated heterocycles. The van der Waals surface area contributed by atoms with Crippen molar-refractivity contribution in [2.45, 2.75) is 13.8 Å². The Labute approximate surface area is 121 Å². The molecule has 5 heteroatoms. The van der Waals surface area contributed by atoms with Crippen molar-refractivity contribution in [3.8, 4) is 5.75 Å². The molecular formula is C15H26N2O3. The average Bonchev–Trinajstić information content (AvgIpc) is 2.45. The SMILES string of the molecule is CCOCCN(CCOCC)c1cc(N)cc(OC)c1. The standard InChI is InChI=1S/C15H26N2O3/c1-4-19-8-6-17(7-9-20-5-2)14-10-13(16)11-15(12-14)18-3/h10-12H,4-9,16H2,1-3H3. The molecule has 0 radical (unpaired) electrons. The lowest BCUT2D eigenvalue weighted by atomic mass is 10.2. The van der Waals surface area contributed by atoms with Crippen LogP contribution < -0.4 is 15.4 Å². The molecule has 2 N–H and O–H groups in total. The van der Waals surface area contributed by atoms with Crippen LogP contribution in [0.15, 0.2) is 18.2 Å². The minimum Gasteiger partial charge on any atom is -0.497 e. The van der Waals surface area contributed by atoms with Crippen LogP contribution in [0.25, 0.3) is 0 Å². The molecule has 1 aromatic rings. The zero-order chi connectivity index (χ0) is 14.8. The van der Waals surface area contributed by atoms with Crippen LogP contribution in [0.4, 0.5) is 11.4 Å². The van der Waals surface area contributed by atoms with E-state index >= 15 is 0 Å². The molecule has 0 bridgehead atoms. The van der Waals surface area contributed by atoms with Gasteiger partial charge in [0.1, 0.15) is 5.75 Å². The average molecular weight is 282 g/mol. The fraction of sp³-hybridized carbons (Fsp3) is 0.600. The van der Waals surface area contributed by atoms with Crippen molar-refractivity contribution in [3.05, 3.63) is 18.2 Å². The highest BCUT2D eigenvalue weighted by atomic mass is 16.5. The summed E-state index contributed by atoms with van der Waals surface area (Å²) in [5.41, 5.74) is 7.63. The number of nitrogens with zero attached hydrogens (tertiary/aromatic N) is 1. The number of anilines is 2. The maximum absolute atomic E-state index is 5.91. The Balaban J connectivity index is 2.75. The number of hydrogen-bond acceptors (Lipinski definition) is 5. The molecule has 0 saturated carbocycles. The van der Waals surface area contributed by atoms with Gasteiger partial charge in [0.15, 0.2) is 0 Å². The summed E-state index contributed by atoms with van der Waals surface area (Å²) >= 11 is 0. The third-order valence-corrected chi connectivity index (χ3v) is 2.93. The van der Waals surface area contributed by atoms with Crippen LogP contribution in [0.1, 0.15) is 13.8 Å². The normalized spacial score (nSPS) is 10.6. The molecular weight excluding hydrogens is 256 g/mol. The van der Waals surface area contributed by atoms with Gasteiger partial charge in [0.25, 0.3) is 0 Å². The molecule has 0 aromatic heterocycles. The van der Waals surface area contributed by atoms with Crippen molar-refractivity contribution in [1.29, 1.82) is 0 Å². The molecule has 0 spiro atoms. The highest BCUT2D eigenvalue weighted by molar-refractivity contribution is 5.60. The molecule has 20 heavy (non-hydrogen) atoms. The minimum absolute atomic E-state index is 0.680. The lowest BCUT2D eigenvalue weighted by Crippen LogP contribution is -2.31. The molecule has 1 rings (SSSR count). The summed E-state index contributed by atoms with van der Waals surface area (Å²) in [6.45, 7) is 8.39. The topological polar surface area (TPSA) is 57.0 Å². The Morgan fingerprint density at radius 1 is 1.00 bits per heavy atom. The second-order valence-corrected chi connectivity index (χ2v) is 4.35. The van der Waals surface area contributed by atoms with Crippen molar-refractivity contribution in [2.75, 3.05) is 57.3 Å². The van der Waals surface area contributed by atoms with E-state index < -0.39 is 0 Å². The van der Waals surface area contributed by atoms with Crippen molar-refractivity contribution < 1.29 is 14.2 Å². The van der Waals surface area contributed by atoms with E-state index in [2.05, 4.69) is 4.90 Å². The molecule has 1 aromatic carbocycles. The Morgan fingerprint density at radius 3 is 2.10 bits per heavy atom. The third kappa shape index (κ3) is 5.67. The number of ether oxygens (including phenoxy) is 3. The lowest BCUT2D eigenvalue weighted by Gasteiger charge is -2.25. The monoisotopic (exact) mass is 282 g/mol. The molecule has 0 amide bonds. The molecule has 0 atom stereocenters. The highest BCUT2D eigenvalue weighted by Gasteiger charge is 2.09. The Bertz CT molecular complexity index is 375. The number of hydrogen-bond donors (Lipinski definition) is 1. The van der Waals surface area contributed by atoms with E-state index in [0.717, 1.165) is 37.7 Å². The molecule has 5 nitrogen and oxygen atoms in total. The summed E-state index contributed by atoms with van der Waals surface area (Å²) in [6, 6.07) is 5.74. The summed E-state index contributed by atoms with van der Waals surface area (Å²) in [6.07, 6.45) is 0. The van der Waals surface area contributed by atoms with E-state index in [9.17, 15) is 0 Å². The predicted octanol–water partition coefficient (Wildman–Crippen LogP) is 2.16. The highest BCUT2D eigenvalue weighted by Crippen LogP contribution is 2.25. The number of methoxy groups -OCH3 is 1. The second-order valence-electron chi connectivity index (χ2n) is 4.35. The maximum atomic E-state index is 5.91. The van der Waals surface area contributed by atoms with E-state index in [0.29, 0.717) is 18.9 Å². The van der Waals surface area contributed by atoms with E-state index in [1.165, 1.54) is 0 Å². The molecule has 0 fully saturated rings. The van der Waals surface area contributed by atoms with Gasteiger partial charge < -0.3 is 24.8 Å². The molecule has 0 heterocycles. The van der Waals surface area contributed by atoms with Gasteiger partial charge in [-0.15, -0.1) is 0 Å². The smallest absolute Gasteiger partial charge is 0.122 e. The fourth-order valence-electron chi connectivity index (χ4n) is 1.91. The summed E-state index contributed by atoms with van der Waals surface area (Å²) in [5, 5.41) is 0. The first-order valence-electron chi connectivity index (χ1n) is 7.06. The van der Waals surface area contributed by atoms with E-state index in [1.807, 2.05) is 32.0 Å². The lowest BCUT2D eigenvalue weighted by molar-refractivity contribution is 0.141. The van der Waals surface area contributed by atoms with Crippen molar-refractivity contribution >= 4 is 11.4 Å². The largest absolute Gasteiger partial charge is 0.497 e. The van der Waals surface area contributed by atoms with Gasteiger partial charge in [-0.25, -0.2) is 0 Å². The van der Waals surface area contributed by atoms with Crippen LogP contribution >= 0.6 is 0 Å². The first kappa shape index (κ1) is 16.6. The van der Waals surface area contributed by atoms with Crippen molar-refractivity contribution in [3.63, 3.8) is 0 Å². The van der Waals surface area contributed by atoms with Crippen LogP contribution in [-0.2, 0) is 9.47 Å². The van der Waals surface area contributed by atoms with E-state index in [-0.39, 0.29) is 0 Å². The van der Waals surface area contributed by atoms with Crippen molar-refractivity contribution in [1.82, 2.24) is 0 Å². The minimum atomic E-state index is 0.680. The number of benzene rings is 1. The zero-order valence-electron chi connectivity index (χ0n) is 12.7. The first-order valence-corrected chi connectivity index (χ1v) is 7.06. The van der Waals surface area contributed by atoms with Crippen LogP contribution in [0.5, 0.6) is 5.75 Å². The van der Waals surface area contributed by atoms with Gasteiger partial charge in [-0.1, -0.05) is 0 Å². The molecule has 0 aliphatic carbocycles. The van der Waals surface area contributed by atoms with E-state index in [4.69, 9.17) is 19.9 Å². The fourth-order valence-corrected chi connectivity index (χ4v) is 1.91.